The third-order valence-electron chi connectivity index (χ3n) is 3.50. The van der Waals surface area contributed by atoms with Gasteiger partial charge in [0.1, 0.15) is 5.75 Å². The van der Waals surface area contributed by atoms with Crippen molar-refractivity contribution in [2.75, 3.05) is 26.2 Å². The number of benzene rings is 1. The highest BCUT2D eigenvalue weighted by atomic mass is 16.5. The van der Waals surface area contributed by atoms with Crippen LogP contribution in [0.5, 0.6) is 5.75 Å². The summed E-state index contributed by atoms with van der Waals surface area (Å²) < 4.78 is 5.93. The largest absolute Gasteiger partial charge is 0.478 e. The average Bonchev–Trinajstić information content (AvgIpc) is 2.66. The zero-order chi connectivity index (χ0) is 14.6. The monoisotopic (exact) mass is 276 g/mol. The molecule has 1 fully saturated rings. The minimum atomic E-state index is -0.835. The Morgan fingerprint density at radius 3 is 2.85 bits per heavy atom. The zero-order valence-corrected chi connectivity index (χ0v) is 12.6. The van der Waals surface area contributed by atoms with Gasteiger partial charge in [0, 0.05) is 19.6 Å². The normalized spacial score (nSPS) is 16.6. The van der Waals surface area contributed by atoms with Gasteiger partial charge in [-0.25, -0.2) is 0 Å². The van der Waals surface area contributed by atoms with Gasteiger partial charge in [-0.1, -0.05) is 12.1 Å². The van der Waals surface area contributed by atoms with E-state index in [0.717, 1.165) is 43.9 Å². The molecule has 0 bridgehead atoms. The summed E-state index contributed by atoms with van der Waals surface area (Å²) in [6.45, 7) is 9.08. The van der Waals surface area contributed by atoms with Gasteiger partial charge in [-0.3, -0.25) is 4.79 Å². The lowest BCUT2D eigenvalue weighted by Gasteiger charge is -2.31. The number of hydrogen-bond acceptors (Lipinski definition) is 3. The Hall–Kier alpha value is -1.55. The van der Waals surface area contributed by atoms with Gasteiger partial charge < -0.3 is 15.0 Å². The number of ether oxygens (including phenoxy) is 1. The van der Waals surface area contributed by atoms with Gasteiger partial charge >= 0.3 is 0 Å². The smallest absolute Gasteiger partial charge is 0.266 e. The SMILES string of the molecule is Cc1cccc(OC(C)(C)C(=O)N2CCCNCC2)c1. The number of amides is 1. The summed E-state index contributed by atoms with van der Waals surface area (Å²) in [5.41, 5.74) is 0.294. The van der Waals surface area contributed by atoms with Crippen LogP contribution >= 0.6 is 0 Å². The fraction of sp³-hybridized carbons (Fsp3) is 0.562. The first-order valence-corrected chi connectivity index (χ1v) is 7.25. The molecule has 0 radical (unpaired) electrons. The number of rotatable bonds is 3. The van der Waals surface area contributed by atoms with Crippen molar-refractivity contribution >= 4 is 5.91 Å². The minimum absolute atomic E-state index is 0.0581. The van der Waals surface area contributed by atoms with Gasteiger partial charge in [0.2, 0.25) is 0 Å². The van der Waals surface area contributed by atoms with Crippen LogP contribution in [-0.4, -0.2) is 42.6 Å². The maximum Gasteiger partial charge on any atom is 0.266 e. The van der Waals surface area contributed by atoms with Gasteiger partial charge in [-0.15, -0.1) is 0 Å². The van der Waals surface area contributed by atoms with E-state index < -0.39 is 5.60 Å². The molecule has 1 aliphatic heterocycles. The number of carbonyl (C=O) groups is 1. The second-order valence-electron chi connectivity index (χ2n) is 5.82. The van der Waals surface area contributed by atoms with Crippen molar-refractivity contribution in [3.05, 3.63) is 29.8 Å². The van der Waals surface area contributed by atoms with Gasteiger partial charge in [-0.05, 0) is 51.4 Å². The highest BCUT2D eigenvalue weighted by Crippen LogP contribution is 2.21. The van der Waals surface area contributed by atoms with Crippen molar-refractivity contribution < 1.29 is 9.53 Å². The van der Waals surface area contributed by atoms with Crippen LogP contribution in [0.15, 0.2) is 24.3 Å². The molecule has 0 aliphatic carbocycles. The molecule has 20 heavy (non-hydrogen) atoms. The molecule has 0 saturated carbocycles. The molecule has 2 rings (SSSR count). The predicted octanol–water partition coefficient (Wildman–Crippen LogP) is 1.97. The Kier molecular flexibility index (Phi) is 4.65. The van der Waals surface area contributed by atoms with Gasteiger partial charge in [0.25, 0.3) is 5.91 Å². The Labute approximate surface area is 121 Å². The van der Waals surface area contributed by atoms with Crippen molar-refractivity contribution in [2.24, 2.45) is 0 Å². The van der Waals surface area contributed by atoms with E-state index in [2.05, 4.69) is 5.32 Å². The van der Waals surface area contributed by atoms with Crippen LogP contribution in [0.3, 0.4) is 0 Å². The van der Waals surface area contributed by atoms with Crippen molar-refractivity contribution in [3.8, 4) is 5.75 Å². The van der Waals surface area contributed by atoms with Crippen LogP contribution < -0.4 is 10.1 Å². The van der Waals surface area contributed by atoms with E-state index in [1.165, 1.54) is 0 Å². The first kappa shape index (κ1) is 14.9. The molecule has 0 atom stereocenters. The predicted molar refractivity (Wildman–Crippen MR) is 80.0 cm³/mol. The number of hydrogen-bond donors (Lipinski definition) is 1. The first-order valence-electron chi connectivity index (χ1n) is 7.25. The van der Waals surface area contributed by atoms with E-state index in [9.17, 15) is 4.79 Å². The van der Waals surface area contributed by atoms with Gasteiger partial charge in [0.05, 0.1) is 0 Å². The highest BCUT2D eigenvalue weighted by Gasteiger charge is 2.34. The Balaban J connectivity index is 2.06. The molecule has 110 valence electrons. The summed E-state index contributed by atoms with van der Waals surface area (Å²) in [6.07, 6.45) is 0.992. The van der Waals surface area contributed by atoms with Crippen molar-refractivity contribution in [3.63, 3.8) is 0 Å². The molecule has 0 unspecified atom stereocenters. The van der Waals surface area contributed by atoms with E-state index in [1.54, 1.807) is 0 Å². The number of carbonyl (C=O) groups excluding carboxylic acids is 1. The van der Waals surface area contributed by atoms with Crippen molar-refractivity contribution in [1.82, 2.24) is 10.2 Å². The minimum Gasteiger partial charge on any atom is -0.478 e. The first-order chi connectivity index (χ1) is 9.49. The Morgan fingerprint density at radius 1 is 1.30 bits per heavy atom. The van der Waals surface area contributed by atoms with E-state index in [1.807, 2.05) is 49.9 Å². The summed E-state index contributed by atoms with van der Waals surface area (Å²) in [7, 11) is 0. The summed E-state index contributed by atoms with van der Waals surface area (Å²) >= 11 is 0. The summed E-state index contributed by atoms with van der Waals surface area (Å²) in [5, 5.41) is 3.31. The average molecular weight is 276 g/mol. The molecule has 1 N–H and O–H groups in total. The molecule has 1 heterocycles. The molecular formula is C16H24N2O2. The van der Waals surface area contributed by atoms with E-state index in [4.69, 9.17) is 4.74 Å². The van der Waals surface area contributed by atoms with E-state index >= 15 is 0 Å². The van der Waals surface area contributed by atoms with E-state index in [0.29, 0.717) is 0 Å². The topological polar surface area (TPSA) is 41.6 Å². The molecule has 4 heteroatoms. The Morgan fingerprint density at radius 2 is 2.10 bits per heavy atom. The zero-order valence-electron chi connectivity index (χ0n) is 12.6. The lowest BCUT2D eigenvalue weighted by molar-refractivity contribution is -0.145. The van der Waals surface area contributed by atoms with E-state index in [-0.39, 0.29) is 5.91 Å². The lowest BCUT2D eigenvalue weighted by Crippen LogP contribution is -2.49. The third-order valence-corrected chi connectivity index (χ3v) is 3.50. The van der Waals surface area contributed by atoms with Gasteiger partial charge in [0.15, 0.2) is 5.60 Å². The second-order valence-corrected chi connectivity index (χ2v) is 5.82. The molecule has 1 amide bonds. The van der Waals surface area contributed by atoms with Crippen LogP contribution in [0, 0.1) is 6.92 Å². The van der Waals surface area contributed by atoms with Crippen molar-refractivity contribution in [2.45, 2.75) is 32.8 Å². The molecule has 1 aliphatic rings. The number of nitrogens with zero attached hydrogens (tertiary/aromatic N) is 1. The molecule has 4 nitrogen and oxygen atoms in total. The maximum absolute atomic E-state index is 12.6. The quantitative estimate of drug-likeness (QED) is 0.918. The van der Waals surface area contributed by atoms with Crippen molar-refractivity contribution in [1.29, 1.82) is 0 Å². The molecule has 1 saturated heterocycles. The lowest BCUT2D eigenvalue weighted by atomic mass is 10.1. The Bertz CT molecular complexity index is 463. The fourth-order valence-corrected chi connectivity index (χ4v) is 2.45. The second kappa shape index (κ2) is 6.27. The standard InChI is InChI=1S/C16H24N2O2/c1-13-6-4-7-14(12-13)20-16(2,3)15(19)18-10-5-8-17-9-11-18/h4,6-7,12,17H,5,8-11H2,1-3H3. The summed E-state index contributed by atoms with van der Waals surface area (Å²) in [6, 6.07) is 7.81. The van der Waals surface area contributed by atoms with Crippen LogP contribution in [0.4, 0.5) is 0 Å². The fourth-order valence-electron chi connectivity index (χ4n) is 2.45. The highest BCUT2D eigenvalue weighted by molar-refractivity contribution is 5.84. The van der Waals surface area contributed by atoms with Crippen LogP contribution in [-0.2, 0) is 4.79 Å². The molecule has 1 aromatic rings. The van der Waals surface area contributed by atoms with Crippen LogP contribution in [0.25, 0.3) is 0 Å². The van der Waals surface area contributed by atoms with Gasteiger partial charge in [-0.2, -0.15) is 0 Å². The van der Waals surface area contributed by atoms with Crippen LogP contribution in [0.1, 0.15) is 25.8 Å². The molecule has 0 spiro atoms. The number of aryl methyl sites for hydroxylation is 1. The van der Waals surface area contributed by atoms with Crippen LogP contribution in [0.2, 0.25) is 0 Å². The summed E-state index contributed by atoms with van der Waals surface area (Å²) in [5.74, 6) is 0.805. The third kappa shape index (κ3) is 3.73. The molecule has 0 aromatic heterocycles. The maximum atomic E-state index is 12.6. The number of nitrogens with one attached hydrogen (secondary N) is 1. The molecule has 1 aromatic carbocycles. The molecular weight excluding hydrogens is 252 g/mol. The summed E-state index contributed by atoms with van der Waals surface area (Å²) in [4.78, 5) is 14.5.